The van der Waals surface area contributed by atoms with E-state index >= 15 is 0 Å². The molecule has 1 aliphatic carbocycles. The van der Waals surface area contributed by atoms with Gasteiger partial charge in [-0.15, -0.1) is 0 Å². The van der Waals surface area contributed by atoms with Gasteiger partial charge in [-0.1, -0.05) is 30.9 Å². The van der Waals surface area contributed by atoms with Gasteiger partial charge in [0.05, 0.1) is 17.1 Å². The fourth-order valence-electron chi connectivity index (χ4n) is 3.73. The van der Waals surface area contributed by atoms with Crippen molar-refractivity contribution in [3.63, 3.8) is 0 Å². The Balaban J connectivity index is 1.96. The van der Waals surface area contributed by atoms with E-state index in [2.05, 4.69) is 32.7 Å². The summed E-state index contributed by atoms with van der Waals surface area (Å²) in [4.78, 5) is 6.76. The van der Waals surface area contributed by atoms with Crippen LogP contribution in [0, 0.1) is 5.92 Å². The quantitative estimate of drug-likeness (QED) is 0.828. The second-order valence-corrected chi connectivity index (χ2v) is 7.56. The van der Waals surface area contributed by atoms with Gasteiger partial charge >= 0.3 is 0 Å². The molecule has 1 saturated carbocycles. The summed E-state index contributed by atoms with van der Waals surface area (Å²) in [5.74, 6) is 1.27. The number of guanidine groups is 1. The maximum Gasteiger partial charge on any atom is 0.196 e. The van der Waals surface area contributed by atoms with Gasteiger partial charge in [-0.3, -0.25) is 4.99 Å². The summed E-state index contributed by atoms with van der Waals surface area (Å²) >= 11 is 9.62. The lowest BCUT2D eigenvalue weighted by Gasteiger charge is -2.44. The average molecular weight is 371 g/mol. The molecular formula is C16H21BrClN3. The molecule has 0 spiro atoms. The number of hydrogen-bond acceptors (Lipinski definition) is 3. The highest BCUT2D eigenvalue weighted by Gasteiger charge is 2.45. The van der Waals surface area contributed by atoms with Crippen LogP contribution in [0.4, 0.5) is 5.69 Å². The van der Waals surface area contributed by atoms with Crippen LogP contribution >= 0.6 is 27.5 Å². The third-order valence-corrected chi connectivity index (χ3v) is 6.16. The lowest BCUT2D eigenvalue weighted by Crippen LogP contribution is -2.55. The summed E-state index contributed by atoms with van der Waals surface area (Å²) < 4.78 is 0.896. The highest BCUT2D eigenvalue weighted by molar-refractivity contribution is 9.10. The Labute approximate surface area is 139 Å². The van der Waals surface area contributed by atoms with Crippen molar-refractivity contribution in [1.82, 2.24) is 0 Å². The first kappa shape index (κ1) is 15.2. The van der Waals surface area contributed by atoms with E-state index in [0.717, 1.165) is 16.7 Å². The molecule has 21 heavy (non-hydrogen) atoms. The van der Waals surface area contributed by atoms with Crippen LogP contribution in [-0.4, -0.2) is 18.0 Å². The third kappa shape index (κ3) is 2.68. The van der Waals surface area contributed by atoms with Crippen LogP contribution in [0.3, 0.4) is 0 Å². The van der Waals surface area contributed by atoms with Crippen molar-refractivity contribution in [3.8, 4) is 0 Å². The molecule has 1 atom stereocenters. The number of anilines is 1. The van der Waals surface area contributed by atoms with Gasteiger partial charge in [0.25, 0.3) is 0 Å². The van der Waals surface area contributed by atoms with Gasteiger partial charge in [0.2, 0.25) is 0 Å². The highest BCUT2D eigenvalue weighted by Crippen LogP contribution is 2.42. The molecule has 1 unspecified atom stereocenters. The molecule has 1 aromatic carbocycles. The van der Waals surface area contributed by atoms with Crippen LogP contribution in [-0.2, 0) is 0 Å². The smallest absolute Gasteiger partial charge is 0.196 e. The van der Waals surface area contributed by atoms with Gasteiger partial charge in [0.1, 0.15) is 0 Å². The first-order valence-corrected chi connectivity index (χ1v) is 8.75. The number of benzene rings is 1. The molecule has 1 aromatic rings. The standard InChI is InChI=1S/C16H21BrClN3/c1-16(11-5-3-2-4-6-11)10-20-15(19)21(16)12-7-8-14(18)13(17)9-12/h7-9,11H,2-6,10H2,1H3,(H2,19,20). The largest absolute Gasteiger partial charge is 0.369 e. The van der Waals surface area contributed by atoms with Crippen LogP contribution < -0.4 is 10.6 Å². The van der Waals surface area contributed by atoms with E-state index in [0.29, 0.717) is 16.9 Å². The molecule has 2 N–H and O–H groups in total. The van der Waals surface area contributed by atoms with Crippen LogP contribution in [0.2, 0.25) is 5.02 Å². The Morgan fingerprint density at radius 2 is 2.05 bits per heavy atom. The molecule has 1 heterocycles. The summed E-state index contributed by atoms with van der Waals surface area (Å²) in [6.45, 7) is 3.08. The highest BCUT2D eigenvalue weighted by atomic mass is 79.9. The minimum atomic E-state index is -0.0161. The maximum atomic E-state index is 6.21. The Morgan fingerprint density at radius 3 is 2.71 bits per heavy atom. The number of hydrogen-bond donors (Lipinski definition) is 1. The second kappa shape index (κ2) is 5.81. The average Bonchev–Trinajstić information content (AvgIpc) is 2.80. The monoisotopic (exact) mass is 369 g/mol. The van der Waals surface area contributed by atoms with E-state index in [4.69, 9.17) is 17.3 Å². The topological polar surface area (TPSA) is 41.6 Å². The molecule has 2 aliphatic rings. The van der Waals surface area contributed by atoms with Gasteiger partial charge in [-0.25, -0.2) is 0 Å². The fraction of sp³-hybridized carbons (Fsp3) is 0.562. The van der Waals surface area contributed by atoms with Crippen molar-refractivity contribution in [2.75, 3.05) is 11.4 Å². The van der Waals surface area contributed by atoms with E-state index in [1.165, 1.54) is 32.1 Å². The number of aliphatic imine (C=N–C) groups is 1. The third-order valence-electron chi connectivity index (χ3n) is 4.95. The lowest BCUT2D eigenvalue weighted by atomic mass is 9.75. The number of halogens is 2. The molecule has 0 aromatic heterocycles. The van der Waals surface area contributed by atoms with Crippen molar-refractivity contribution < 1.29 is 0 Å². The van der Waals surface area contributed by atoms with Gasteiger partial charge < -0.3 is 10.6 Å². The van der Waals surface area contributed by atoms with E-state index in [1.54, 1.807) is 0 Å². The summed E-state index contributed by atoms with van der Waals surface area (Å²) in [6, 6.07) is 5.98. The van der Waals surface area contributed by atoms with Crippen molar-refractivity contribution >= 4 is 39.2 Å². The molecule has 0 bridgehead atoms. The first-order valence-electron chi connectivity index (χ1n) is 7.57. The van der Waals surface area contributed by atoms with Crippen molar-refractivity contribution in [1.29, 1.82) is 0 Å². The van der Waals surface area contributed by atoms with E-state index in [9.17, 15) is 0 Å². The molecular weight excluding hydrogens is 350 g/mol. The number of nitrogens with two attached hydrogens (primary N) is 1. The van der Waals surface area contributed by atoms with Crippen molar-refractivity contribution in [3.05, 3.63) is 27.7 Å². The maximum absolute atomic E-state index is 6.21. The Bertz CT molecular complexity index is 569. The van der Waals surface area contributed by atoms with Crippen LogP contribution in [0.5, 0.6) is 0 Å². The molecule has 5 heteroatoms. The van der Waals surface area contributed by atoms with Gasteiger partial charge in [-0.05, 0) is 59.8 Å². The summed E-state index contributed by atoms with van der Waals surface area (Å²) in [7, 11) is 0. The molecule has 0 radical (unpaired) electrons. The molecule has 3 nitrogen and oxygen atoms in total. The SMILES string of the molecule is CC1(C2CCCCC2)CN=C(N)N1c1ccc(Cl)c(Br)c1. The zero-order valence-corrected chi connectivity index (χ0v) is 14.6. The van der Waals surface area contributed by atoms with Crippen LogP contribution in [0.25, 0.3) is 0 Å². The second-order valence-electron chi connectivity index (χ2n) is 6.30. The zero-order valence-electron chi connectivity index (χ0n) is 12.3. The fourth-order valence-corrected chi connectivity index (χ4v) is 4.22. The Hall–Kier alpha value is -0.740. The molecule has 1 aliphatic heterocycles. The molecule has 0 saturated heterocycles. The number of rotatable bonds is 2. The first-order chi connectivity index (χ1) is 10.0. The zero-order chi connectivity index (χ0) is 15.0. The summed E-state index contributed by atoms with van der Waals surface area (Å²) in [5, 5.41) is 0.716. The Kier molecular flexibility index (Phi) is 4.19. The van der Waals surface area contributed by atoms with E-state index < -0.39 is 0 Å². The lowest BCUT2D eigenvalue weighted by molar-refractivity contribution is 0.238. The van der Waals surface area contributed by atoms with Gasteiger partial charge in [0.15, 0.2) is 5.96 Å². The van der Waals surface area contributed by atoms with E-state index in [1.807, 2.05) is 18.2 Å². The summed E-state index contributed by atoms with van der Waals surface area (Å²) in [6.07, 6.45) is 6.53. The molecule has 0 amide bonds. The minimum Gasteiger partial charge on any atom is -0.369 e. The van der Waals surface area contributed by atoms with Crippen molar-refractivity contribution in [2.24, 2.45) is 16.6 Å². The van der Waals surface area contributed by atoms with Gasteiger partial charge in [0, 0.05) is 10.2 Å². The predicted molar refractivity (Wildman–Crippen MR) is 93.1 cm³/mol. The number of nitrogens with zero attached hydrogens (tertiary/aromatic N) is 2. The van der Waals surface area contributed by atoms with Crippen LogP contribution in [0.1, 0.15) is 39.0 Å². The van der Waals surface area contributed by atoms with E-state index in [-0.39, 0.29) is 5.54 Å². The van der Waals surface area contributed by atoms with Crippen molar-refractivity contribution in [2.45, 2.75) is 44.6 Å². The normalized spacial score (nSPS) is 27.0. The van der Waals surface area contributed by atoms with Gasteiger partial charge in [-0.2, -0.15) is 0 Å². The van der Waals surface area contributed by atoms with Crippen LogP contribution in [0.15, 0.2) is 27.7 Å². The minimum absolute atomic E-state index is 0.0161. The molecule has 1 fully saturated rings. The predicted octanol–water partition coefficient (Wildman–Crippen LogP) is 4.58. The molecule has 114 valence electrons. The summed E-state index contributed by atoms with van der Waals surface area (Å²) in [5.41, 5.74) is 7.26. The molecule has 3 rings (SSSR count). The Morgan fingerprint density at radius 1 is 1.33 bits per heavy atom.